The largest absolute Gasteiger partial charge is 0.497 e. The third-order valence-electron chi connectivity index (χ3n) is 4.26. The summed E-state index contributed by atoms with van der Waals surface area (Å²) in [7, 11) is 2.87. The Morgan fingerprint density at radius 3 is 2.56 bits per heavy atom. The fourth-order valence-electron chi connectivity index (χ4n) is 2.85. The Morgan fingerprint density at radius 1 is 1.16 bits per heavy atom. The van der Waals surface area contributed by atoms with Gasteiger partial charge in [0.25, 0.3) is 5.91 Å². The number of nitrogens with one attached hydrogen (secondary N) is 1. The zero-order valence-electron chi connectivity index (χ0n) is 14.0. The number of imide groups is 1. The van der Waals surface area contributed by atoms with Crippen molar-refractivity contribution in [2.24, 2.45) is 0 Å². The minimum absolute atomic E-state index is 0.307. The minimum Gasteiger partial charge on any atom is -0.497 e. The fraction of sp³-hybridized carbons (Fsp3) is 0.211. The van der Waals surface area contributed by atoms with Crippen LogP contribution in [-0.2, 0) is 16.1 Å². The molecule has 1 aliphatic rings. The lowest BCUT2D eigenvalue weighted by atomic mass is 9.87. The number of rotatable bonds is 4. The van der Waals surface area contributed by atoms with Gasteiger partial charge in [-0.25, -0.2) is 0 Å². The average molecular weight is 338 g/mol. The standard InChI is InChI=1S/C19H18N2O4/c1-21-18(23)15-10-13(25-2)8-9-14(15)16(19(21)24)17(22)20-11-12-6-4-3-5-7-12/h3-10,16H,11H2,1-2H3,(H,20,22). The smallest absolute Gasteiger partial charge is 0.260 e. The number of nitrogens with zero attached hydrogens (tertiary/aromatic N) is 1. The van der Waals surface area contributed by atoms with Gasteiger partial charge in [0.1, 0.15) is 11.7 Å². The summed E-state index contributed by atoms with van der Waals surface area (Å²) in [5, 5.41) is 2.77. The van der Waals surface area contributed by atoms with Crippen molar-refractivity contribution in [2.45, 2.75) is 12.5 Å². The first-order valence-corrected chi connectivity index (χ1v) is 7.84. The number of ether oxygens (including phenoxy) is 1. The van der Waals surface area contributed by atoms with Gasteiger partial charge in [0.2, 0.25) is 11.8 Å². The highest BCUT2D eigenvalue weighted by Crippen LogP contribution is 2.31. The van der Waals surface area contributed by atoms with E-state index in [2.05, 4.69) is 5.32 Å². The summed E-state index contributed by atoms with van der Waals surface area (Å²) in [5.41, 5.74) is 1.64. The van der Waals surface area contributed by atoms with Gasteiger partial charge in [0.05, 0.1) is 7.11 Å². The van der Waals surface area contributed by atoms with E-state index in [-0.39, 0.29) is 0 Å². The number of hydrogen-bond acceptors (Lipinski definition) is 4. The van der Waals surface area contributed by atoms with Crippen molar-refractivity contribution in [2.75, 3.05) is 14.2 Å². The molecule has 0 aromatic heterocycles. The molecule has 6 heteroatoms. The normalized spacial score (nSPS) is 16.4. The summed E-state index contributed by atoms with van der Waals surface area (Å²) in [6.07, 6.45) is 0. The number of methoxy groups -OCH3 is 1. The van der Waals surface area contributed by atoms with Gasteiger partial charge in [-0.2, -0.15) is 0 Å². The highest BCUT2D eigenvalue weighted by molar-refractivity contribution is 6.18. The first-order valence-electron chi connectivity index (χ1n) is 7.84. The molecule has 0 fully saturated rings. The van der Waals surface area contributed by atoms with E-state index in [1.807, 2.05) is 30.3 Å². The molecule has 128 valence electrons. The Balaban J connectivity index is 1.89. The monoisotopic (exact) mass is 338 g/mol. The van der Waals surface area contributed by atoms with Gasteiger partial charge in [-0.15, -0.1) is 0 Å². The van der Waals surface area contributed by atoms with Gasteiger partial charge in [0, 0.05) is 19.2 Å². The van der Waals surface area contributed by atoms with E-state index in [9.17, 15) is 14.4 Å². The Kier molecular flexibility index (Phi) is 4.52. The van der Waals surface area contributed by atoms with Crippen molar-refractivity contribution in [3.8, 4) is 5.75 Å². The van der Waals surface area contributed by atoms with Crippen LogP contribution in [0.3, 0.4) is 0 Å². The van der Waals surface area contributed by atoms with Crippen LogP contribution in [0.25, 0.3) is 0 Å². The van der Waals surface area contributed by atoms with Crippen LogP contribution >= 0.6 is 0 Å². The van der Waals surface area contributed by atoms with E-state index >= 15 is 0 Å². The van der Waals surface area contributed by atoms with Crippen LogP contribution in [0.4, 0.5) is 0 Å². The Hall–Kier alpha value is -3.15. The van der Waals surface area contributed by atoms with Gasteiger partial charge in [-0.3, -0.25) is 19.3 Å². The maximum absolute atomic E-state index is 12.7. The average Bonchev–Trinajstić information content (AvgIpc) is 2.65. The van der Waals surface area contributed by atoms with Crippen molar-refractivity contribution in [1.82, 2.24) is 10.2 Å². The predicted octanol–water partition coefficient (Wildman–Crippen LogP) is 1.71. The summed E-state index contributed by atoms with van der Waals surface area (Å²) >= 11 is 0. The van der Waals surface area contributed by atoms with Gasteiger partial charge in [-0.1, -0.05) is 36.4 Å². The molecular formula is C19H18N2O4. The number of benzene rings is 2. The summed E-state index contributed by atoms with van der Waals surface area (Å²) in [6, 6.07) is 14.2. The topological polar surface area (TPSA) is 75.7 Å². The number of carbonyl (C=O) groups is 3. The molecular weight excluding hydrogens is 320 g/mol. The second kappa shape index (κ2) is 6.76. The zero-order valence-corrected chi connectivity index (χ0v) is 14.0. The Morgan fingerprint density at radius 2 is 1.88 bits per heavy atom. The lowest BCUT2D eigenvalue weighted by Gasteiger charge is -2.29. The molecule has 0 bridgehead atoms. The van der Waals surface area contributed by atoms with Gasteiger partial charge in [0.15, 0.2) is 0 Å². The second-order valence-corrected chi connectivity index (χ2v) is 5.79. The van der Waals surface area contributed by atoms with Crippen LogP contribution in [0, 0.1) is 0 Å². The molecule has 1 aliphatic heterocycles. The van der Waals surface area contributed by atoms with Crippen molar-refractivity contribution >= 4 is 17.7 Å². The zero-order chi connectivity index (χ0) is 18.0. The molecule has 3 amide bonds. The van der Waals surface area contributed by atoms with E-state index in [1.165, 1.54) is 14.2 Å². The molecule has 1 heterocycles. The quantitative estimate of drug-likeness (QED) is 0.680. The molecule has 0 saturated carbocycles. The van der Waals surface area contributed by atoms with Crippen molar-refractivity contribution in [3.63, 3.8) is 0 Å². The molecule has 2 aromatic carbocycles. The highest BCUT2D eigenvalue weighted by atomic mass is 16.5. The van der Waals surface area contributed by atoms with E-state index in [0.717, 1.165) is 10.5 Å². The number of fused-ring (bicyclic) bond motifs is 1. The van der Waals surface area contributed by atoms with Crippen LogP contribution in [0.2, 0.25) is 0 Å². The van der Waals surface area contributed by atoms with Gasteiger partial charge in [-0.05, 0) is 23.3 Å². The van der Waals surface area contributed by atoms with Gasteiger partial charge >= 0.3 is 0 Å². The molecule has 0 saturated heterocycles. The van der Waals surface area contributed by atoms with Crippen molar-refractivity contribution in [3.05, 3.63) is 65.2 Å². The van der Waals surface area contributed by atoms with E-state index in [1.54, 1.807) is 18.2 Å². The number of amides is 3. The molecule has 0 spiro atoms. The predicted molar refractivity (Wildman–Crippen MR) is 91.1 cm³/mol. The molecule has 2 aromatic rings. The van der Waals surface area contributed by atoms with Crippen LogP contribution < -0.4 is 10.1 Å². The summed E-state index contributed by atoms with van der Waals surface area (Å²) in [4.78, 5) is 38.5. The fourth-order valence-corrected chi connectivity index (χ4v) is 2.85. The summed E-state index contributed by atoms with van der Waals surface area (Å²) in [6.45, 7) is 0.312. The van der Waals surface area contributed by atoms with Crippen molar-refractivity contribution < 1.29 is 19.1 Å². The maximum Gasteiger partial charge on any atom is 0.260 e. The third kappa shape index (κ3) is 3.10. The molecule has 1 unspecified atom stereocenters. The maximum atomic E-state index is 12.7. The minimum atomic E-state index is -1.05. The Labute approximate surface area is 145 Å². The first-order chi connectivity index (χ1) is 12.0. The van der Waals surface area contributed by atoms with Crippen LogP contribution in [0.5, 0.6) is 5.75 Å². The number of carbonyl (C=O) groups excluding carboxylic acids is 3. The molecule has 6 nitrogen and oxygen atoms in total. The lowest BCUT2D eigenvalue weighted by Crippen LogP contribution is -2.47. The summed E-state index contributed by atoms with van der Waals surface area (Å²) in [5.74, 6) is -1.95. The van der Waals surface area contributed by atoms with Crippen LogP contribution in [0.15, 0.2) is 48.5 Å². The molecule has 3 rings (SSSR count). The third-order valence-corrected chi connectivity index (χ3v) is 4.26. The number of hydrogen-bond donors (Lipinski definition) is 1. The molecule has 0 radical (unpaired) electrons. The van der Waals surface area contributed by atoms with Crippen LogP contribution in [-0.4, -0.2) is 36.8 Å². The summed E-state index contributed by atoms with van der Waals surface area (Å²) < 4.78 is 5.14. The lowest BCUT2D eigenvalue weighted by molar-refractivity contribution is -0.136. The molecule has 0 aliphatic carbocycles. The van der Waals surface area contributed by atoms with Crippen LogP contribution in [0.1, 0.15) is 27.4 Å². The van der Waals surface area contributed by atoms with E-state index in [0.29, 0.717) is 23.4 Å². The molecule has 25 heavy (non-hydrogen) atoms. The second-order valence-electron chi connectivity index (χ2n) is 5.79. The molecule has 1 N–H and O–H groups in total. The van der Waals surface area contributed by atoms with E-state index in [4.69, 9.17) is 4.74 Å². The molecule has 1 atom stereocenters. The van der Waals surface area contributed by atoms with E-state index < -0.39 is 23.6 Å². The number of likely N-dealkylation sites (N-methyl/N-ethyl adjacent to an activating group) is 1. The van der Waals surface area contributed by atoms with Gasteiger partial charge < -0.3 is 10.1 Å². The first kappa shape index (κ1) is 16.7. The SMILES string of the molecule is COc1ccc2c(c1)C(=O)N(C)C(=O)C2C(=O)NCc1ccccc1. The highest BCUT2D eigenvalue weighted by Gasteiger charge is 2.41. The van der Waals surface area contributed by atoms with Crippen molar-refractivity contribution in [1.29, 1.82) is 0 Å². The Bertz CT molecular complexity index is 833.